The van der Waals surface area contributed by atoms with E-state index in [0.29, 0.717) is 0 Å². The maximum atomic E-state index is 10.4. The standard InChI is InChI=1S/2C8H8O3.2C5H5.Zr/c2*1-6(9)11-8-5-3-2-4-7(8)10;2*1-2-4-5-3-1;/h2*2-5,10H,1H3;2*1-3H,4H2;/q;;2*-1;+2. The van der Waals surface area contributed by atoms with Crippen molar-refractivity contribution >= 4 is 11.9 Å². The van der Waals surface area contributed by atoms with E-state index in [4.69, 9.17) is 10.2 Å². The summed E-state index contributed by atoms with van der Waals surface area (Å²) in [6.07, 6.45) is 20.0. The average Bonchev–Trinajstić information content (AvgIpc) is 3.51. The molecule has 0 aliphatic heterocycles. The first-order valence-electron chi connectivity index (χ1n) is 9.76. The smallest absolute Gasteiger partial charge is 0.504 e. The molecule has 2 aromatic rings. The van der Waals surface area contributed by atoms with Gasteiger partial charge in [0.1, 0.15) is 0 Å². The quantitative estimate of drug-likeness (QED) is 0.316. The second-order valence-corrected chi connectivity index (χ2v) is 6.13. The molecule has 2 aliphatic carbocycles. The van der Waals surface area contributed by atoms with Crippen molar-refractivity contribution in [1.82, 2.24) is 0 Å². The first-order chi connectivity index (χ1) is 15.4. The molecule has 4 rings (SSSR count). The van der Waals surface area contributed by atoms with Gasteiger partial charge in [-0.15, -0.1) is 12.8 Å². The van der Waals surface area contributed by atoms with E-state index < -0.39 is 11.9 Å². The van der Waals surface area contributed by atoms with Gasteiger partial charge in [-0.05, 0) is 24.3 Å². The number of hydrogen-bond acceptors (Lipinski definition) is 6. The van der Waals surface area contributed by atoms with Crippen molar-refractivity contribution in [2.75, 3.05) is 0 Å². The van der Waals surface area contributed by atoms with E-state index in [2.05, 4.69) is 33.8 Å². The molecule has 2 N–H and O–H groups in total. The van der Waals surface area contributed by atoms with Crippen LogP contribution in [0.1, 0.15) is 26.7 Å². The summed E-state index contributed by atoms with van der Waals surface area (Å²) in [7, 11) is 0. The van der Waals surface area contributed by atoms with Crippen LogP contribution in [0.15, 0.2) is 85.0 Å². The molecule has 0 aromatic heterocycles. The van der Waals surface area contributed by atoms with Crippen LogP contribution in [0.25, 0.3) is 0 Å². The van der Waals surface area contributed by atoms with Gasteiger partial charge in [0.25, 0.3) is 0 Å². The zero-order valence-electron chi connectivity index (χ0n) is 18.5. The van der Waals surface area contributed by atoms with E-state index in [1.54, 1.807) is 24.3 Å². The predicted octanol–water partition coefficient (Wildman–Crippen LogP) is 5.24. The van der Waals surface area contributed by atoms with Gasteiger partial charge in [0, 0.05) is 13.8 Å². The summed E-state index contributed by atoms with van der Waals surface area (Å²) in [6.45, 7) is 2.57. The Kier molecular flexibility index (Phi) is 16.6. The third-order valence-corrected chi connectivity index (χ3v) is 3.41. The maximum Gasteiger partial charge on any atom is 2.00 e. The number of hydrogen-bond donors (Lipinski definition) is 2. The van der Waals surface area contributed by atoms with Gasteiger partial charge in [-0.1, -0.05) is 24.3 Å². The number of carbonyl (C=O) groups is 2. The molecule has 0 atom stereocenters. The summed E-state index contributed by atoms with van der Waals surface area (Å²) >= 11 is 0. The van der Waals surface area contributed by atoms with Crippen LogP contribution in [0.3, 0.4) is 0 Å². The SMILES string of the molecule is CC(=O)Oc1ccccc1O.CC(=O)Oc1ccccc1O.[C-]1=CC=CC1.[C-]1=CC=CC1.[Zr+2]. The van der Waals surface area contributed by atoms with Crippen LogP contribution >= 0.6 is 0 Å². The van der Waals surface area contributed by atoms with E-state index >= 15 is 0 Å². The van der Waals surface area contributed by atoms with Gasteiger partial charge in [0.15, 0.2) is 23.0 Å². The summed E-state index contributed by atoms with van der Waals surface area (Å²) in [5.41, 5.74) is 0. The van der Waals surface area contributed by atoms with E-state index in [0.717, 1.165) is 12.8 Å². The Morgan fingerprint density at radius 1 is 0.727 bits per heavy atom. The number of phenols is 2. The number of carbonyl (C=O) groups excluding carboxylic acids is 2. The third-order valence-electron chi connectivity index (χ3n) is 3.41. The molecule has 6 nitrogen and oxygen atoms in total. The predicted molar refractivity (Wildman–Crippen MR) is 122 cm³/mol. The Labute approximate surface area is 213 Å². The molecule has 0 saturated carbocycles. The Morgan fingerprint density at radius 2 is 1.09 bits per heavy atom. The monoisotopic (exact) mass is 524 g/mol. The number of benzene rings is 2. The van der Waals surface area contributed by atoms with Crippen LogP contribution < -0.4 is 9.47 Å². The normalized spacial score (nSPS) is 11.5. The number of esters is 2. The summed E-state index contributed by atoms with van der Waals surface area (Å²) < 4.78 is 9.31. The van der Waals surface area contributed by atoms with Gasteiger partial charge in [0.2, 0.25) is 0 Å². The van der Waals surface area contributed by atoms with E-state index in [1.807, 2.05) is 24.3 Å². The summed E-state index contributed by atoms with van der Waals surface area (Å²) in [5.74, 6) is -0.539. The van der Waals surface area contributed by atoms with Crippen LogP contribution in [0.4, 0.5) is 0 Å². The van der Waals surface area contributed by atoms with E-state index in [-0.39, 0.29) is 49.2 Å². The number of aromatic hydroxyl groups is 2. The molecule has 0 saturated heterocycles. The zero-order valence-corrected chi connectivity index (χ0v) is 21.0. The Morgan fingerprint density at radius 3 is 1.30 bits per heavy atom. The molecular weight excluding hydrogens is 500 g/mol. The molecule has 2 aromatic carbocycles. The summed E-state index contributed by atoms with van der Waals surface area (Å²) in [5, 5.41) is 18.2. The number of rotatable bonds is 2. The molecule has 0 heterocycles. The first kappa shape index (κ1) is 29.8. The molecule has 2 aliphatic rings. The number of phenolic OH excluding ortho intramolecular Hbond substituents is 2. The van der Waals surface area contributed by atoms with Crippen molar-refractivity contribution in [2.24, 2.45) is 0 Å². The minimum absolute atomic E-state index is 0. The van der Waals surface area contributed by atoms with Gasteiger partial charge < -0.3 is 19.7 Å². The largest absolute Gasteiger partial charge is 2.00 e. The third kappa shape index (κ3) is 15.3. The van der Waals surface area contributed by atoms with Gasteiger partial charge in [-0.2, -0.15) is 12.2 Å². The van der Waals surface area contributed by atoms with Crippen molar-refractivity contribution in [2.45, 2.75) is 26.7 Å². The second-order valence-electron chi connectivity index (χ2n) is 6.13. The molecule has 0 radical (unpaired) electrons. The van der Waals surface area contributed by atoms with E-state index in [9.17, 15) is 9.59 Å². The first-order valence-corrected chi connectivity index (χ1v) is 9.76. The molecule has 0 fully saturated rings. The van der Waals surface area contributed by atoms with Gasteiger partial charge in [-0.25, -0.2) is 24.3 Å². The zero-order chi connectivity index (χ0) is 23.6. The topological polar surface area (TPSA) is 93.1 Å². The fourth-order valence-electron chi connectivity index (χ4n) is 2.08. The molecule has 0 unspecified atom stereocenters. The Balaban J connectivity index is 0.000000434. The van der Waals surface area contributed by atoms with Crippen LogP contribution in [-0.4, -0.2) is 22.2 Å². The van der Waals surface area contributed by atoms with Crippen molar-refractivity contribution in [3.8, 4) is 23.0 Å². The maximum absolute atomic E-state index is 10.4. The van der Waals surface area contributed by atoms with Gasteiger partial charge >= 0.3 is 38.1 Å². The molecule has 7 heteroatoms. The second kappa shape index (κ2) is 18.4. The van der Waals surface area contributed by atoms with Crippen molar-refractivity contribution in [3.05, 3.63) is 97.1 Å². The molecule has 170 valence electrons. The van der Waals surface area contributed by atoms with Crippen LogP contribution in [0.5, 0.6) is 23.0 Å². The fourth-order valence-corrected chi connectivity index (χ4v) is 2.08. The molecule has 0 bridgehead atoms. The Hall–Kier alpha value is -3.18. The van der Waals surface area contributed by atoms with E-state index in [1.165, 1.54) is 38.1 Å². The van der Waals surface area contributed by atoms with Crippen molar-refractivity contribution in [3.63, 3.8) is 0 Å². The molecule has 0 spiro atoms. The van der Waals surface area contributed by atoms with Crippen LogP contribution in [-0.2, 0) is 35.8 Å². The summed E-state index contributed by atoms with van der Waals surface area (Å²) in [4.78, 5) is 20.9. The van der Waals surface area contributed by atoms with Crippen molar-refractivity contribution < 1.29 is 55.5 Å². The minimum atomic E-state index is -0.438. The number of allylic oxidation sites excluding steroid dienone is 8. The Bertz CT molecular complexity index is 877. The fraction of sp³-hybridized carbons (Fsp3) is 0.154. The van der Waals surface area contributed by atoms with Gasteiger partial charge in [-0.3, -0.25) is 21.7 Å². The van der Waals surface area contributed by atoms with Gasteiger partial charge in [0.05, 0.1) is 0 Å². The minimum Gasteiger partial charge on any atom is -0.504 e. The molecule has 0 amide bonds. The molecule has 33 heavy (non-hydrogen) atoms. The van der Waals surface area contributed by atoms with Crippen molar-refractivity contribution in [1.29, 1.82) is 0 Å². The van der Waals surface area contributed by atoms with Crippen LogP contribution in [0.2, 0.25) is 0 Å². The number of ether oxygens (including phenoxy) is 2. The number of para-hydroxylation sites is 4. The van der Waals surface area contributed by atoms with Crippen LogP contribution in [0, 0.1) is 12.2 Å². The summed E-state index contributed by atoms with van der Waals surface area (Å²) in [6, 6.07) is 12.6. The average molecular weight is 526 g/mol. The molecular formula is C26H26O6Zr.